The molecule has 0 saturated carbocycles. The molecule has 2 rings (SSSR count). The molecule has 2 aromatic carbocycles. The Labute approximate surface area is 141 Å². The summed E-state index contributed by atoms with van der Waals surface area (Å²) in [6.07, 6.45) is 0. The van der Waals surface area contributed by atoms with Gasteiger partial charge in [0.15, 0.2) is 17.3 Å². The number of rotatable bonds is 6. The summed E-state index contributed by atoms with van der Waals surface area (Å²) >= 11 is 0. The summed E-state index contributed by atoms with van der Waals surface area (Å²) < 4.78 is 5.19. The second-order valence-electron chi connectivity index (χ2n) is 5.90. The molecule has 0 atom stereocenters. The number of benzene rings is 2. The molecule has 0 aliphatic carbocycles. The number of ether oxygens (including phenoxy) is 1. The van der Waals surface area contributed by atoms with Gasteiger partial charge in [0.25, 0.3) is 0 Å². The van der Waals surface area contributed by atoms with Crippen molar-refractivity contribution in [3.05, 3.63) is 59.2 Å². The fourth-order valence-corrected chi connectivity index (χ4v) is 2.02. The number of nitrogens with one attached hydrogen (secondary N) is 1. The average Bonchev–Trinajstić information content (AvgIpc) is 2.55. The topological polar surface area (TPSA) is 75.6 Å². The van der Waals surface area contributed by atoms with Gasteiger partial charge in [-0.3, -0.25) is 4.79 Å². The van der Waals surface area contributed by atoms with E-state index in [9.17, 15) is 14.7 Å². The summed E-state index contributed by atoms with van der Waals surface area (Å²) in [4.78, 5) is 24.1. The van der Waals surface area contributed by atoms with E-state index < -0.39 is 5.97 Å². The monoisotopic (exact) mass is 327 g/mol. The smallest absolute Gasteiger partial charge is 0.343 e. The Bertz CT molecular complexity index is 736. The largest absolute Gasteiger partial charge is 0.504 e. The number of hydrogen-bond donors (Lipinski definition) is 2. The third-order valence-electron chi connectivity index (χ3n) is 3.44. The van der Waals surface area contributed by atoms with E-state index in [1.165, 1.54) is 18.2 Å². The first kappa shape index (κ1) is 17.7. The molecular formula is C19H21NO4. The van der Waals surface area contributed by atoms with E-state index in [-0.39, 0.29) is 29.9 Å². The van der Waals surface area contributed by atoms with Gasteiger partial charge < -0.3 is 15.2 Å². The van der Waals surface area contributed by atoms with Crippen molar-refractivity contribution in [2.45, 2.75) is 26.8 Å². The lowest BCUT2D eigenvalue weighted by atomic mass is 10.1. The zero-order valence-electron chi connectivity index (χ0n) is 14.0. The van der Waals surface area contributed by atoms with Gasteiger partial charge in [0.2, 0.25) is 0 Å². The fourth-order valence-electron chi connectivity index (χ4n) is 2.02. The molecule has 126 valence electrons. The van der Waals surface area contributed by atoms with Gasteiger partial charge in [-0.15, -0.1) is 0 Å². The number of aryl methyl sites for hydroxylation is 1. The number of carbonyl (C=O) groups is 2. The minimum Gasteiger partial charge on any atom is -0.504 e. The highest BCUT2D eigenvalue weighted by atomic mass is 16.5. The van der Waals surface area contributed by atoms with Crippen LogP contribution in [0.4, 0.5) is 0 Å². The van der Waals surface area contributed by atoms with Crippen molar-refractivity contribution < 1.29 is 19.4 Å². The number of carbonyl (C=O) groups excluding carboxylic acids is 2. The van der Waals surface area contributed by atoms with E-state index in [0.29, 0.717) is 11.1 Å². The van der Waals surface area contributed by atoms with Crippen LogP contribution < -0.4 is 10.1 Å². The molecule has 5 nitrogen and oxygen atoms in total. The standard InChI is InChI=1S/C19H21NO4/c1-12(2)20-11-17(22)15-8-9-18(16(21)10-15)24-19(23)14-6-4-13(3)5-7-14/h4-10,12,20-21H,11H2,1-3H3. The van der Waals surface area contributed by atoms with Crippen LogP contribution in [0.3, 0.4) is 0 Å². The maximum absolute atomic E-state index is 12.1. The number of ketones is 1. The molecule has 2 aromatic rings. The summed E-state index contributed by atoms with van der Waals surface area (Å²) in [7, 11) is 0. The van der Waals surface area contributed by atoms with Crippen LogP contribution in [0.5, 0.6) is 11.5 Å². The van der Waals surface area contributed by atoms with Gasteiger partial charge in [-0.25, -0.2) is 4.79 Å². The first-order chi connectivity index (χ1) is 11.4. The Balaban J connectivity index is 2.08. The predicted octanol–water partition coefficient (Wildman–Crippen LogP) is 3.10. The number of aromatic hydroxyl groups is 1. The lowest BCUT2D eigenvalue weighted by Crippen LogP contribution is -2.29. The summed E-state index contributed by atoms with van der Waals surface area (Å²) in [6.45, 7) is 5.99. The van der Waals surface area contributed by atoms with Crippen molar-refractivity contribution >= 4 is 11.8 Å². The molecule has 0 saturated heterocycles. The Morgan fingerprint density at radius 3 is 2.29 bits per heavy atom. The van der Waals surface area contributed by atoms with Crippen LogP contribution in [-0.2, 0) is 0 Å². The van der Waals surface area contributed by atoms with E-state index in [2.05, 4.69) is 5.32 Å². The quantitative estimate of drug-likeness (QED) is 0.484. The van der Waals surface area contributed by atoms with Gasteiger partial charge in [0.1, 0.15) is 0 Å². The molecule has 0 unspecified atom stereocenters. The molecule has 0 spiro atoms. The summed E-state index contributed by atoms with van der Waals surface area (Å²) in [5.41, 5.74) is 1.78. The Kier molecular flexibility index (Phi) is 5.71. The van der Waals surface area contributed by atoms with Gasteiger partial charge in [0, 0.05) is 11.6 Å². The normalized spacial score (nSPS) is 10.7. The highest BCUT2D eigenvalue weighted by Gasteiger charge is 2.14. The minimum atomic E-state index is -0.564. The molecule has 0 heterocycles. The van der Waals surface area contributed by atoms with Crippen LogP contribution in [-0.4, -0.2) is 29.4 Å². The molecule has 2 N–H and O–H groups in total. The third-order valence-corrected chi connectivity index (χ3v) is 3.44. The van der Waals surface area contributed by atoms with E-state index in [1.54, 1.807) is 24.3 Å². The summed E-state index contributed by atoms with van der Waals surface area (Å²) in [5.74, 6) is -0.930. The van der Waals surface area contributed by atoms with E-state index in [4.69, 9.17) is 4.74 Å². The van der Waals surface area contributed by atoms with Crippen LogP contribution in [0.2, 0.25) is 0 Å². The lowest BCUT2D eigenvalue weighted by molar-refractivity contribution is 0.0729. The highest BCUT2D eigenvalue weighted by Crippen LogP contribution is 2.27. The first-order valence-electron chi connectivity index (χ1n) is 7.75. The van der Waals surface area contributed by atoms with Crippen molar-refractivity contribution in [1.82, 2.24) is 5.32 Å². The molecule has 0 radical (unpaired) electrons. The van der Waals surface area contributed by atoms with Crippen LogP contribution in [0.25, 0.3) is 0 Å². The SMILES string of the molecule is Cc1ccc(C(=O)Oc2ccc(C(=O)CNC(C)C)cc2O)cc1. The number of phenolic OH excluding ortho intramolecular Hbond substituents is 1. The molecule has 24 heavy (non-hydrogen) atoms. The second kappa shape index (κ2) is 7.75. The zero-order valence-corrected chi connectivity index (χ0v) is 14.0. The average molecular weight is 327 g/mol. The Hall–Kier alpha value is -2.66. The van der Waals surface area contributed by atoms with Crippen LogP contribution >= 0.6 is 0 Å². The van der Waals surface area contributed by atoms with E-state index in [0.717, 1.165) is 5.56 Å². The summed E-state index contributed by atoms with van der Waals surface area (Å²) in [5, 5.41) is 13.0. The minimum absolute atomic E-state index is 0.0222. The molecular weight excluding hydrogens is 306 g/mol. The highest BCUT2D eigenvalue weighted by molar-refractivity contribution is 5.98. The number of Topliss-reactive ketones (excluding diaryl/α,β-unsaturated/α-hetero) is 1. The maximum atomic E-state index is 12.1. The van der Waals surface area contributed by atoms with E-state index in [1.807, 2.05) is 20.8 Å². The zero-order chi connectivity index (χ0) is 17.7. The molecule has 0 aliphatic rings. The first-order valence-corrected chi connectivity index (χ1v) is 7.75. The summed E-state index contributed by atoms with van der Waals surface area (Å²) in [6, 6.07) is 11.4. The maximum Gasteiger partial charge on any atom is 0.343 e. The Morgan fingerprint density at radius 1 is 1.08 bits per heavy atom. The fraction of sp³-hybridized carbons (Fsp3) is 0.263. The van der Waals surface area contributed by atoms with Crippen LogP contribution in [0.15, 0.2) is 42.5 Å². The molecule has 0 amide bonds. The Morgan fingerprint density at radius 2 is 1.71 bits per heavy atom. The van der Waals surface area contributed by atoms with Crippen LogP contribution in [0, 0.1) is 6.92 Å². The van der Waals surface area contributed by atoms with Crippen molar-refractivity contribution in [3.8, 4) is 11.5 Å². The van der Waals surface area contributed by atoms with Crippen molar-refractivity contribution in [1.29, 1.82) is 0 Å². The van der Waals surface area contributed by atoms with Crippen molar-refractivity contribution in [3.63, 3.8) is 0 Å². The number of hydrogen-bond acceptors (Lipinski definition) is 5. The number of phenols is 1. The molecule has 0 bridgehead atoms. The molecule has 0 aromatic heterocycles. The van der Waals surface area contributed by atoms with Gasteiger partial charge in [-0.1, -0.05) is 31.5 Å². The van der Waals surface area contributed by atoms with E-state index >= 15 is 0 Å². The molecule has 0 fully saturated rings. The van der Waals surface area contributed by atoms with Crippen molar-refractivity contribution in [2.24, 2.45) is 0 Å². The molecule has 5 heteroatoms. The van der Waals surface area contributed by atoms with Crippen LogP contribution in [0.1, 0.15) is 40.1 Å². The second-order valence-corrected chi connectivity index (χ2v) is 5.90. The lowest BCUT2D eigenvalue weighted by Gasteiger charge is -2.10. The van der Waals surface area contributed by atoms with Gasteiger partial charge in [0.05, 0.1) is 12.1 Å². The van der Waals surface area contributed by atoms with Gasteiger partial charge in [-0.2, -0.15) is 0 Å². The molecule has 0 aliphatic heterocycles. The van der Waals surface area contributed by atoms with Crippen molar-refractivity contribution in [2.75, 3.05) is 6.54 Å². The number of esters is 1. The third kappa shape index (κ3) is 4.67. The predicted molar refractivity (Wildman–Crippen MR) is 91.7 cm³/mol. The van der Waals surface area contributed by atoms with Gasteiger partial charge >= 0.3 is 5.97 Å². The van der Waals surface area contributed by atoms with Gasteiger partial charge in [-0.05, 0) is 37.3 Å².